The first kappa shape index (κ1) is 18.4. The van der Waals surface area contributed by atoms with Crippen LogP contribution in [0.15, 0.2) is 53.6 Å². The van der Waals surface area contributed by atoms with E-state index in [-0.39, 0.29) is 17.7 Å². The van der Waals surface area contributed by atoms with E-state index in [9.17, 15) is 4.79 Å². The summed E-state index contributed by atoms with van der Waals surface area (Å²) in [7, 11) is 0. The minimum atomic E-state index is -0.483. The van der Waals surface area contributed by atoms with Gasteiger partial charge in [0, 0.05) is 36.7 Å². The van der Waals surface area contributed by atoms with E-state index in [1.54, 1.807) is 17.4 Å². The van der Waals surface area contributed by atoms with Gasteiger partial charge in [0.2, 0.25) is 0 Å². The number of carbonyl (C=O) groups is 1. The molecular weight excluding hydrogens is 410 g/mol. The maximum Gasteiger partial charge on any atom is 0.312 e. The molecule has 0 saturated heterocycles. The van der Waals surface area contributed by atoms with E-state index >= 15 is 0 Å². The Morgan fingerprint density at radius 1 is 1.22 bits per heavy atom. The van der Waals surface area contributed by atoms with Gasteiger partial charge in [0.05, 0.1) is 29.4 Å². The Morgan fingerprint density at radius 3 is 3.00 bits per heavy atom. The van der Waals surface area contributed by atoms with Gasteiger partial charge in [-0.25, -0.2) is 14.5 Å². The Kier molecular flexibility index (Phi) is 4.06. The molecule has 5 aromatic heterocycles. The summed E-state index contributed by atoms with van der Waals surface area (Å²) < 4.78 is 7.51. The van der Waals surface area contributed by atoms with E-state index in [0.717, 1.165) is 28.3 Å². The Bertz CT molecular complexity index is 1440. The molecule has 0 fully saturated rings. The SMILES string of the molecule is Cc1cccc2cc([C@@H]3c4nc[nH]c4CCN3C(=O)c3nnc(-c4cnccn4)o3)nn12. The average Bonchev–Trinajstić information content (AvgIpc) is 3.58. The number of aromatic nitrogens is 8. The van der Waals surface area contributed by atoms with Crippen molar-refractivity contribution in [3.05, 3.63) is 77.8 Å². The molecule has 11 nitrogen and oxygen atoms in total. The van der Waals surface area contributed by atoms with Crippen LogP contribution in [0.25, 0.3) is 17.1 Å². The lowest BCUT2D eigenvalue weighted by molar-refractivity contribution is 0.0646. The van der Waals surface area contributed by atoms with Crippen LogP contribution in [0.3, 0.4) is 0 Å². The number of nitrogens with one attached hydrogen (secondary N) is 1. The summed E-state index contributed by atoms with van der Waals surface area (Å²) in [6.45, 7) is 2.44. The summed E-state index contributed by atoms with van der Waals surface area (Å²) in [5.74, 6) is -0.367. The van der Waals surface area contributed by atoms with Gasteiger partial charge in [-0.1, -0.05) is 6.07 Å². The molecule has 0 bridgehead atoms. The third-order valence-electron chi connectivity index (χ3n) is 5.55. The first-order valence-corrected chi connectivity index (χ1v) is 10.1. The number of rotatable bonds is 3. The fraction of sp³-hybridized carbons (Fsp3) is 0.190. The quantitative estimate of drug-likeness (QED) is 0.462. The van der Waals surface area contributed by atoms with E-state index in [0.29, 0.717) is 18.7 Å². The van der Waals surface area contributed by atoms with Crippen LogP contribution in [0.1, 0.15) is 39.5 Å². The third kappa shape index (κ3) is 2.86. The standard InChI is InChI=1S/C21H17N9O2/c1-12-3-2-4-13-9-15(28-30(12)13)18-17-14(24-11-25-17)5-8-29(18)21(31)20-27-26-19(32-20)16-10-22-6-7-23-16/h2-4,6-7,9-11,18H,5,8H2,1H3,(H,24,25)/t18-/m1/s1. The highest BCUT2D eigenvalue weighted by Crippen LogP contribution is 2.34. The molecular formula is C21H17N9O2. The van der Waals surface area contributed by atoms with Crippen molar-refractivity contribution >= 4 is 11.4 Å². The Morgan fingerprint density at radius 2 is 2.16 bits per heavy atom. The Labute approximate surface area is 181 Å². The minimum absolute atomic E-state index is 0.116. The van der Waals surface area contributed by atoms with Crippen molar-refractivity contribution in [3.8, 4) is 11.6 Å². The number of hydrogen-bond donors (Lipinski definition) is 1. The second-order valence-electron chi connectivity index (χ2n) is 7.49. The molecule has 11 heteroatoms. The van der Waals surface area contributed by atoms with Crippen LogP contribution in [0.4, 0.5) is 0 Å². The zero-order valence-corrected chi connectivity index (χ0v) is 17.0. The molecule has 0 aliphatic carbocycles. The Balaban J connectivity index is 1.41. The second-order valence-corrected chi connectivity index (χ2v) is 7.49. The zero-order valence-electron chi connectivity index (χ0n) is 17.0. The summed E-state index contributed by atoms with van der Waals surface area (Å²) in [6.07, 6.45) is 6.84. The van der Waals surface area contributed by atoms with E-state index < -0.39 is 6.04 Å². The number of pyridine rings is 1. The van der Waals surface area contributed by atoms with Crippen LogP contribution in [-0.2, 0) is 6.42 Å². The predicted octanol–water partition coefficient (Wildman–Crippen LogP) is 1.99. The third-order valence-corrected chi connectivity index (χ3v) is 5.55. The number of nitrogens with zero attached hydrogens (tertiary/aromatic N) is 8. The maximum atomic E-state index is 13.5. The lowest BCUT2D eigenvalue weighted by Crippen LogP contribution is -2.41. The highest BCUT2D eigenvalue weighted by atomic mass is 16.4. The van der Waals surface area contributed by atoms with Crippen LogP contribution in [0.2, 0.25) is 0 Å². The molecule has 0 radical (unpaired) electrons. The molecule has 1 atom stereocenters. The van der Waals surface area contributed by atoms with Crippen molar-refractivity contribution in [2.24, 2.45) is 0 Å². The summed E-state index contributed by atoms with van der Waals surface area (Å²) in [6, 6.07) is 7.44. The van der Waals surface area contributed by atoms with Gasteiger partial charge in [0.25, 0.3) is 5.89 Å². The van der Waals surface area contributed by atoms with Gasteiger partial charge < -0.3 is 14.3 Å². The molecule has 0 aromatic carbocycles. The van der Waals surface area contributed by atoms with Crippen molar-refractivity contribution in [2.45, 2.75) is 19.4 Å². The number of hydrogen-bond acceptors (Lipinski definition) is 8. The minimum Gasteiger partial charge on any atom is -0.411 e. The molecule has 1 amide bonds. The zero-order chi connectivity index (χ0) is 21.7. The monoisotopic (exact) mass is 427 g/mol. The molecule has 158 valence electrons. The molecule has 0 unspecified atom stereocenters. The van der Waals surface area contributed by atoms with Crippen molar-refractivity contribution in [3.63, 3.8) is 0 Å². The number of carbonyl (C=O) groups excluding carboxylic acids is 1. The maximum absolute atomic E-state index is 13.5. The first-order chi connectivity index (χ1) is 15.7. The Hall–Kier alpha value is -4.41. The largest absolute Gasteiger partial charge is 0.411 e. The van der Waals surface area contributed by atoms with Crippen molar-refractivity contribution < 1.29 is 9.21 Å². The molecule has 6 rings (SSSR count). The lowest BCUT2D eigenvalue weighted by Gasteiger charge is -2.32. The van der Waals surface area contributed by atoms with E-state index in [1.807, 2.05) is 35.7 Å². The lowest BCUT2D eigenvalue weighted by atomic mass is 9.99. The van der Waals surface area contributed by atoms with E-state index in [1.165, 1.54) is 12.4 Å². The van der Waals surface area contributed by atoms with Gasteiger partial charge in [-0.3, -0.25) is 9.78 Å². The van der Waals surface area contributed by atoms with E-state index in [4.69, 9.17) is 9.52 Å². The number of imidazole rings is 1. The molecule has 0 spiro atoms. The van der Waals surface area contributed by atoms with Crippen LogP contribution >= 0.6 is 0 Å². The van der Waals surface area contributed by atoms with Gasteiger partial charge in [-0.05, 0) is 25.1 Å². The van der Waals surface area contributed by atoms with Crippen molar-refractivity contribution in [2.75, 3.05) is 6.54 Å². The molecule has 6 heterocycles. The normalized spacial score (nSPS) is 15.8. The van der Waals surface area contributed by atoms with Crippen molar-refractivity contribution in [1.29, 1.82) is 0 Å². The van der Waals surface area contributed by atoms with Gasteiger partial charge >= 0.3 is 11.8 Å². The molecule has 1 N–H and O–H groups in total. The highest BCUT2D eigenvalue weighted by Gasteiger charge is 2.38. The molecule has 0 saturated carbocycles. The number of fused-ring (bicyclic) bond motifs is 2. The molecule has 5 aromatic rings. The molecule has 32 heavy (non-hydrogen) atoms. The highest BCUT2D eigenvalue weighted by molar-refractivity contribution is 5.90. The fourth-order valence-electron chi connectivity index (χ4n) is 4.05. The van der Waals surface area contributed by atoms with Crippen LogP contribution in [0, 0.1) is 6.92 Å². The molecule has 1 aliphatic rings. The van der Waals surface area contributed by atoms with Gasteiger partial charge in [-0.2, -0.15) is 5.10 Å². The van der Waals surface area contributed by atoms with Crippen molar-refractivity contribution in [1.82, 2.24) is 44.6 Å². The van der Waals surface area contributed by atoms with Gasteiger partial charge in [0.1, 0.15) is 11.7 Å². The van der Waals surface area contributed by atoms with Crippen LogP contribution in [0.5, 0.6) is 0 Å². The first-order valence-electron chi connectivity index (χ1n) is 10.1. The summed E-state index contributed by atoms with van der Waals surface area (Å²) in [4.78, 5) is 31.0. The summed E-state index contributed by atoms with van der Waals surface area (Å²) in [5, 5.41) is 12.7. The van der Waals surface area contributed by atoms with Crippen LogP contribution in [-0.4, -0.2) is 57.1 Å². The van der Waals surface area contributed by atoms with Gasteiger partial charge in [0.15, 0.2) is 0 Å². The summed E-state index contributed by atoms with van der Waals surface area (Å²) >= 11 is 0. The smallest absolute Gasteiger partial charge is 0.312 e. The van der Waals surface area contributed by atoms with Gasteiger partial charge in [-0.15, -0.1) is 10.2 Å². The predicted molar refractivity (Wildman–Crippen MR) is 110 cm³/mol. The topological polar surface area (TPSA) is 131 Å². The number of amides is 1. The fourth-order valence-corrected chi connectivity index (χ4v) is 4.05. The molecule has 1 aliphatic heterocycles. The van der Waals surface area contributed by atoms with Crippen LogP contribution < -0.4 is 0 Å². The second kappa shape index (κ2) is 7.08. The number of aromatic amines is 1. The summed E-state index contributed by atoms with van der Waals surface area (Å²) in [5.41, 5.74) is 4.81. The average molecular weight is 427 g/mol. The van der Waals surface area contributed by atoms with E-state index in [2.05, 4.69) is 30.1 Å². The number of H-pyrrole nitrogens is 1. The number of aryl methyl sites for hydroxylation is 1.